The molecular weight excluding hydrogens is 286 g/mol. The van der Waals surface area contributed by atoms with E-state index in [2.05, 4.69) is 4.90 Å². The number of hydrogen-bond donors (Lipinski definition) is 0. The molecule has 1 aromatic rings. The van der Waals surface area contributed by atoms with Crippen molar-refractivity contribution in [2.24, 2.45) is 11.0 Å². The van der Waals surface area contributed by atoms with Gasteiger partial charge in [-0.3, -0.25) is 9.69 Å². The summed E-state index contributed by atoms with van der Waals surface area (Å²) in [5, 5.41) is 7.10. The van der Waals surface area contributed by atoms with Gasteiger partial charge in [0, 0.05) is 17.9 Å². The van der Waals surface area contributed by atoms with Crippen LogP contribution in [0.25, 0.3) is 0 Å². The second-order valence-electron chi connectivity index (χ2n) is 6.14. The molecule has 0 aliphatic carbocycles. The molecule has 4 aliphatic heterocycles. The van der Waals surface area contributed by atoms with Crippen LogP contribution in [0.3, 0.4) is 0 Å². The van der Waals surface area contributed by atoms with Crippen molar-refractivity contribution in [1.82, 2.24) is 9.91 Å². The second-order valence-corrected chi connectivity index (χ2v) is 6.58. The molecule has 2 atom stereocenters. The van der Waals surface area contributed by atoms with Gasteiger partial charge in [-0.05, 0) is 43.6 Å². The van der Waals surface area contributed by atoms with Crippen LogP contribution in [0, 0.1) is 5.92 Å². The van der Waals surface area contributed by atoms with Crippen LogP contribution in [0.15, 0.2) is 29.4 Å². The molecule has 0 saturated carbocycles. The maximum Gasteiger partial charge on any atom is 0.240 e. The van der Waals surface area contributed by atoms with Crippen LogP contribution in [0.5, 0.6) is 0 Å². The van der Waals surface area contributed by atoms with Crippen molar-refractivity contribution in [1.29, 1.82) is 0 Å². The molecule has 21 heavy (non-hydrogen) atoms. The number of hydrazone groups is 1. The number of piperidine rings is 3. The smallest absolute Gasteiger partial charge is 0.240 e. The molecular formula is C16H18ClN3O. The standard InChI is InChI=1S/C16H18ClN3O/c1-10(21)20-15(12-2-4-13(17)5-3-12)16-14(18-20)11-6-8-19(16)9-7-11/h2-5,11,15-16H,6-9H2,1H3/t15-,16-/m0/s1. The van der Waals surface area contributed by atoms with Gasteiger partial charge in [-0.25, -0.2) is 5.01 Å². The third-order valence-electron chi connectivity index (χ3n) is 4.96. The van der Waals surface area contributed by atoms with Crippen LogP contribution >= 0.6 is 11.6 Å². The topological polar surface area (TPSA) is 35.9 Å². The summed E-state index contributed by atoms with van der Waals surface area (Å²) in [6.45, 7) is 3.83. The molecule has 5 heteroatoms. The summed E-state index contributed by atoms with van der Waals surface area (Å²) in [6, 6.07) is 8.07. The first-order valence-electron chi connectivity index (χ1n) is 7.53. The summed E-state index contributed by atoms with van der Waals surface area (Å²) in [7, 11) is 0. The monoisotopic (exact) mass is 303 g/mol. The van der Waals surface area contributed by atoms with Crippen molar-refractivity contribution in [2.75, 3.05) is 13.1 Å². The number of nitrogens with zero attached hydrogens (tertiary/aromatic N) is 3. The number of amides is 1. The van der Waals surface area contributed by atoms with Gasteiger partial charge in [0.25, 0.3) is 0 Å². The fourth-order valence-electron chi connectivity index (χ4n) is 3.97. The second kappa shape index (κ2) is 4.82. The molecule has 0 radical (unpaired) electrons. The number of benzene rings is 1. The minimum Gasteiger partial charge on any atom is -0.293 e. The molecule has 0 aromatic heterocycles. The van der Waals surface area contributed by atoms with Crippen LogP contribution in [-0.2, 0) is 4.79 Å². The van der Waals surface area contributed by atoms with Gasteiger partial charge in [0.2, 0.25) is 5.91 Å². The van der Waals surface area contributed by atoms with E-state index in [1.54, 1.807) is 11.9 Å². The van der Waals surface area contributed by atoms with E-state index in [0.717, 1.165) is 23.7 Å². The van der Waals surface area contributed by atoms with E-state index in [9.17, 15) is 4.79 Å². The maximum atomic E-state index is 12.0. The van der Waals surface area contributed by atoms with Crippen LogP contribution in [0.2, 0.25) is 5.02 Å². The predicted octanol–water partition coefficient (Wildman–Crippen LogP) is 2.69. The minimum atomic E-state index is -0.00198. The van der Waals surface area contributed by atoms with Crippen molar-refractivity contribution in [3.05, 3.63) is 34.9 Å². The van der Waals surface area contributed by atoms with Crippen LogP contribution in [0.4, 0.5) is 0 Å². The van der Waals surface area contributed by atoms with E-state index in [-0.39, 0.29) is 18.0 Å². The van der Waals surface area contributed by atoms with E-state index in [4.69, 9.17) is 16.7 Å². The molecule has 4 aliphatic rings. The molecule has 3 saturated heterocycles. The first-order chi connectivity index (χ1) is 10.1. The zero-order valence-corrected chi connectivity index (χ0v) is 12.8. The normalized spacial score (nSPS) is 33.8. The lowest BCUT2D eigenvalue weighted by Crippen LogP contribution is -2.56. The average molecular weight is 304 g/mol. The summed E-state index contributed by atoms with van der Waals surface area (Å²) in [4.78, 5) is 14.5. The van der Waals surface area contributed by atoms with Gasteiger partial charge in [0.05, 0.1) is 11.8 Å². The van der Waals surface area contributed by atoms with Crippen molar-refractivity contribution in [2.45, 2.75) is 31.8 Å². The molecule has 5 rings (SSSR count). The summed E-state index contributed by atoms with van der Waals surface area (Å²) in [5.74, 6) is 0.566. The highest BCUT2D eigenvalue weighted by Gasteiger charge is 2.50. The van der Waals surface area contributed by atoms with Gasteiger partial charge < -0.3 is 0 Å². The molecule has 0 unspecified atom stereocenters. The van der Waals surface area contributed by atoms with Crippen molar-refractivity contribution < 1.29 is 4.79 Å². The van der Waals surface area contributed by atoms with Gasteiger partial charge in [-0.1, -0.05) is 23.7 Å². The van der Waals surface area contributed by atoms with Gasteiger partial charge in [0.1, 0.15) is 6.04 Å². The Morgan fingerprint density at radius 2 is 1.86 bits per heavy atom. The third kappa shape index (κ3) is 2.00. The zero-order valence-electron chi connectivity index (χ0n) is 12.0. The lowest BCUT2D eigenvalue weighted by atomic mass is 9.78. The number of carbonyl (C=O) groups is 1. The Bertz CT molecular complexity index is 604. The Kier molecular flexibility index (Phi) is 3.05. The molecule has 1 amide bonds. The molecule has 3 fully saturated rings. The van der Waals surface area contributed by atoms with Crippen molar-refractivity contribution in [3.63, 3.8) is 0 Å². The van der Waals surface area contributed by atoms with Crippen LogP contribution < -0.4 is 0 Å². The Balaban J connectivity index is 1.77. The Morgan fingerprint density at radius 3 is 2.48 bits per heavy atom. The highest BCUT2D eigenvalue weighted by atomic mass is 35.5. The van der Waals surface area contributed by atoms with Crippen molar-refractivity contribution in [3.8, 4) is 0 Å². The average Bonchev–Trinajstić information content (AvgIpc) is 2.92. The highest BCUT2D eigenvalue weighted by molar-refractivity contribution is 6.30. The predicted molar refractivity (Wildman–Crippen MR) is 82.2 cm³/mol. The van der Waals surface area contributed by atoms with Gasteiger partial charge in [-0.2, -0.15) is 5.10 Å². The van der Waals surface area contributed by atoms with E-state index in [0.29, 0.717) is 5.92 Å². The molecule has 0 N–H and O–H groups in total. The Hall–Kier alpha value is -1.39. The van der Waals surface area contributed by atoms with E-state index in [1.807, 2.05) is 24.3 Å². The number of fused-ring (bicyclic) bond motifs is 2. The van der Waals surface area contributed by atoms with Gasteiger partial charge in [-0.15, -0.1) is 0 Å². The summed E-state index contributed by atoms with van der Waals surface area (Å²) >= 11 is 6.00. The SMILES string of the molecule is CC(=O)N1N=C2C3CCN(CC3)[C@@H]2[C@@H]1c1ccc(Cl)cc1. The van der Waals surface area contributed by atoms with E-state index >= 15 is 0 Å². The summed E-state index contributed by atoms with van der Waals surface area (Å²) in [5.41, 5.74) is 2.33. The zero-order chi connectivity index (χ0) is 14.6. The molecule has 4 nitrogen and oxygen atoms in total. The summed E-state index contributed by atoms with van der Waals surface area (Å²) in [6.07, 6.45) is 2.35. The minimum absolute atomic E-state index is 0.00198. The number of hydrogen-bond acceptors (Lipinski definition) is 3. The van der Waals surface area contributed by atoms with E-state index in [1.165, 1.54) is 18.6 Å². The molecule has 4 heterocycles. The largest absolute Gasteiger partial charge is 0.293 e. The summed E-state index contributed by atoms with van der Waals surface area (Å²) < 4.78 is 0. The lowest BCUT2D eigenvalue weighted by Gasteiger charge is -2.46. The molecule has 1 aromatic carbocycles. The van der Waals surface area contributed by atoms with Crippen LogP contribution in [-0.4, -0.2) is 40.7 Å². The fourth-order valence-corrected chi connectivity index (χ4v) is 4.10. The molecule has 110 valence electrons. The highest BCUT2D eigenvalue weighted by Crippen LogP contribution is 2.43. The number of carbonyl (C=O) groups excluding carboxylic acids is 1. The quantitative estimate of drug-likeness (QED) is 0.800. The van der Waals surface area contributed by atoms with Crippen molar-refractivity contribution >= 4 is 23.2 Å². The fraction of sp³-hybridized carbons (Fsp3) is 0.500. The van der Waals surface area contributed by atoms with Crippen LogP contribution in [0.1, 0.15) is 31.4 Å². The third-order valence-corrected chi connectivity index (χ3v) is 5.22. The molecule has 2 bridgehead atoms. The number of halogens is 1. The van der Waals surface area contributed by atoms with E-state index < -0.39 is 0 Å². The first kappa shape index (κ1) is 13.3. The first-order valence-corrected chi connectivity index (χ1v) is 7.90. The van der Waals surface area contributed by atoms with Gasteiger partial charge >= 0.3 is 0 Å². The molecule has 0 spiro atoms. The Labute approximate surface area is 129 Å². The Morgan fingerprint density at radius 1 is 1.19 bits per heavy atom. The lowest BCUT2D eigenvalue weighted by molar-refractivity contribution is -0.131. The maximum absolute atomic E-state index is 12.0. The number of rotatable bonds is 1. The van der Waals surface area contributed by atoms with Gasteiger partial charge in [0.15, 0.2) is 0 Å².